The van der Waals surface area contributed by atoms with Crippen molar-refractivity contribution >= 4 is 29.5 Å². The van der Waals surface area contributed by atoms with Gasteiger partial charge in [-0.25, -0.2) is 0 Å². The molecule has 0 aromatic heterocycles. The van der Waals surface area contributed by atoms with Crippen LogP contribution in [0.5, 0.6) is 0 Å². The van der Waals surface area contributed by atoms with Crippen LogP contribution in [0.25, 0.3) is 0 Å². The fraction of sp³-hybridized carbons (Fsp3) is 0.500. The third kappa shape index (κ3) is 3.98. The minimum atomic E-state index is -0.744. The lowest BCUT2D eigenvalue weighted by Gasteiger charge is -2.25. The third-order valence-corrected chi connectivity index (χ3v) is 4.76. The van der Waals surface area contributed by atoms with Crippen molar-refractivity contribution in [2.24, 2.45) is 0 Å². The Morgan fingerprint density at radius 2 is 1.79 bits per heavy atom. The topological polar surface area (TPSA) is 66.5 Å². The maximum atomic E-state index is 12.6. The van der Waals surface area contributed by atoms with Gasteiger partial charge in [0.15, 0.2) is 0 Å². The molecule has 2 rings (SSSR count). The molecule has 0 saturated heterocycles. The first kappa shape index (κ1) is 18.5. The fourth-order valence-electron chi connectivity index (χ4n) is 2.80. The Labute approximate surface area is 147 Å². The van der Waals surface area contributed by atoms with Crippen LogP contribution in [0.1, 0.15) is 53.3 Å². The van der Waals surface area contributed by atoms with Crippen LogP contribution < -0.4 is 5.32 Å². The Bertz CT molecular complexity index is 583. The van der Waals surface area contributed by atoms with Crippen LogP contribution >= 0.6 is 11.8 Å². The molecule has 0 fully saturated rings. The molecular formula is C18H24N2O3S. The van der Waals surface area contributed by atoms with Gasteiger partial charge in [0, 0.05) is 6.54 Å². The van der Waals surface area contributed by atoms with Gasteiger partial charge in [-0.1, -0.05) is 31.9 Å². The Morgan fingerprint density at radius 3 is 2.33 bits per heavy atom. The summed E-state index contributed by atoms with van der Waals surface area (Å²) in [6.07, 6.45) is 5.43. The summed E-state index contributed by atoms with van der Waals surface area (Å²) >= 11 is 1.60. The van der Waals surface area contributed by atoms with Gasteiger partial charge in [0.2, 0.25) is 5.91 Å². The van der Waals surface area contributed by atoms with E-state index in [0.29, 0.717) is 29.8 Å². The van der Waals surface area contributed by atoms with E-state index in [9.17, 15) is 14.4 Å². The van der Waals surface area contributed by atoms with Gasteiger partial charge in [-0.15, -0.1) is 0 Å². The highest BCUT2D eigenvalue weighted by atomic mass is 32.2. The zero-order valence-electron chi connectivity index (χ0n) is 14.2. The number of carbonyl (C=O) groups excluding carboxylic acids is 3. The average molecular weight is 348 g/mol. The van der Waals surface area contributed by atoms with Gasteiger partial charge in [0.1, 0.15) is 6.04 Å². The highest BCUT2D eigenvalue weighted by Crippen LogP contribution is 2.26. The smallest absolute Gasteiger partial charge is 0.262 e. The SMILES string of the molecule is CCCCCNC(=O)C(CCSC)N1C(=O)c2ccccc2C1=O. The molecule has 1 aromatic rings. The van der Waals surface area contributed by atoms with Crippen LogP contribution in [0.2, 0.25) is 0 Å². The Balaban J connectivity index is 2.14. The van der Waals surface area contributed by atoms with E-state index < -0.39 is 6.04 Å². The van der Waals surface area contributed by atoms with Crippen LogP contribution in [0.4, 0.5) is 0 Å². The molecule has 0 bridgehead atoms. The van der Waals surface area contributed by atoms with Crippen LogP contribution in [-0.2, 0) is 4.79 Å². The summed E-state index contributed by atoms with van der Waals surface area (Å²) in [5.74, 6) is -0.272. The second kappa shape index (κ2) is 8.87. The van der Waals surface area contributed by atoms with Crippen molar-refractivity contribution in [1.82, 2.24) is 10.2 Å². The molecule has 130 valence electrons. The lowest BCUT2D eigenvalue weighted by atomic mass is 10.1. The first-order valence-corrected chi connectivity index (χ1v) is 9.74. The number of unbranched alkanes of at least 4 members (excludes halogenated alkanes) is 2. The van der Waals surface area contributed by atoms with Crippen molar-refractivity contribution in [2.45, 2.75) is 38.6 Å². The number of nitrogens with zero attached hydrogens (tertiary/aromatic N) is 1. The molecule has 1 aromatic carbocycles. The van der Waals surface area contributed by atoms with Crippen molar-refractivity contribution in [3.05, 3.63) is 35.4 Å². The summed E-state index contributed by atoms with van der Waals surface area (Å²) in [5, 5.41) is 2.88. The van der Waals surface area contributed by atoms with E-state index >= 15 is 0 Å². The number of hydrogen-bond donors (Lipinski definition) is 1. The second-order valence-electron chi connectivity index (χ2n) is 5.82. The number of carbonyl (C=O) groups is 3. The minimum absolute atomic E-state index is 0.241. The van der Waals surface area contributed by atoms with Crippen molar-refractivity contribution in [3.63, 3.8) is 0 Å². The maximum Gasteiger partial charge on any atom is 0.262 e. The molecule has 0 spiro atoms. The van der Waals surface area contributed by atoms with Crippen LogP contribution in [0.15, 0.2) is 24.3 Å². The summed E-state index contributed by atoms with van der Waals surface area (Å²) in [7, 11) is 0. The van der Waals surface area contributed by atoms with E-state index in [1.54, 1.807) is 36.0 Å². The van der Waals surface area contributed by atoms with Crippen LogP contribution in [0, 0.1) is 0 Å². The lowest BCUT2D eigenvalue weighted by Crippen LogP contribution is -2.50. The largest absolute Gasteiger partial charge is 0.354 e. The first-order chi connectivity index (χ1) is 11.6. The molecule has 0 radical (unpaired) electrons. The fourth-order valence-corrected chi connectivity index (χ4v) is 3.26. The van der Waals surface area contributed by atoms with Crippen molar-refractivity contribution in [3.8, 4) is 0 Å². The summed E-state index contributed by atoms with van der Waals surface area (Å²) < 4.78 is 0. The van der Waals surface area contributed by atoms with E-state index in [0.717, 1.165) is 24.2 Å². The van der Waals surface area contributed by atoms with E-state index in [-0.39, 0.29) is 17.7 Å². The normalized spacial score (nSPS) is 14.7. The van der Waals surface area contributed by atoms with Gasteiger partial charge in [0.25, 0.3) is 11.8 Å². The average Bonchev–Trinajstić information content (AvgIpc) is 2.84. The quantitative estimate of drug-likeness (QED) is 0.550. The van der Waals surface area contributed by atoms with Gasteiger partial charge in [-0.2, -0.15) is 11.8 Å². The number of amides is 3. The van der Waals surface area contributed by atoms with Gasteiger partial charge < -0.3 is 5.32 Å². The second-order valence-corrected chi connectivity index (χ2v) is 6.81. The Hall–Kier alpha value is -1.82. The molecule has 5 nitrogen and oxygen atoms in total. The summed E-state index contributed by atoms with van der Waals surface area (Å²) in [5.41, 5.74) is 0.769. The molecule has 6 heteroatoms. The molecule has 1 heterocycles. The maximum absolute atomic E-state index is 12.6. The number of nitrogens with one attached hydrogen (secondary N) is 1. The van der Waals surface area contributed by atoms with E-state index in [1.165, 1.54) is 0 Å². The molecule has 1 unspecified atom stereocenters. The van der Waals surface area contributed by atoms with Crippen molar-refractivity contribution < 1.29 is 14.4 Å². The number of thioether (sulfide) groups is 1. The molecule has 3 amide bonds. The van der Waals surface area contributed by atoms with E-state index in [4.69, 9.17) is 0 Å². The zero-order chi connectivity index (χ0) is 17.5. The zero-order valence-corrected chi connectivity index (χ0v) is 15.0. The standard InChI is InChI=1S/C18H24N2O3S/c1-3-4-7-11-19-16(21)15(10-12-24-2)20-17(22)13-8-5-6-9-14(13)18(20)23/h5-6,8-9,15H,3-4,7,10-12H2,1-2H3,(H,19,21). The van der Waals surface area contributed by atoms with E-state index in [2.05, 4.69) is 12.2 Å². The number of hydrogen-bond acceptors (Lipinski definition) is 4. The lowest BCUT2D eigenvalue weighted by molar-refractivity contribution is -0.125. The molecule has 0 saturated carbocycles. The van der Waals surface area contributed by atoms with E-state index in [1.807, 2.05) is 6.26 Å². The molecule has 1 aliphatic rings. The molecule has 1 aliphatic heterocycles. The Kier molecular flexibility index (Phi) is 6.85. The van der Waals surface area contributed by atoms with Crippen molar-refractivity contribution in [1.29, 1.82) is 0 Å². The minimum Gasteiger partial charge on any atom is -0.354 e. The predicted molar refractivity (Wildman–Crippen MR) is 96.3 cm³/mol. The predicted octanol–water partition coefficient (Wildman–Crippen LogP) is 2.71. The van der Waals surface area contributed by atoms with Crippen LogP contribution in [-0.4, -0.2) is 47.2 Å². The number of benzene rings is 1. The van der Waals surface area contributed by atoms with Gasteiger partial charge in [-0.3, -0.25) is 19.3 Å². The number of imide groups is 1. The van der Waals surface area contributed by atoms with Gasteiger partial charge in [-0.05, 0) is 37.0 Å². The number of fused-ring (bicyclic) bond motifs is 1. The van der Waals surface area contributed by atoms with Gasteiger partial charge >= 0.3 is 0 Å². The molecular weight excluding hydrogens is 324 g/mol. The highest BCUT2D eigenvalue weighted by molar-refractivity contribution is 7.98. The third-order valence-electron chi connectivity index (χ3n) is 4.11. The number of rotatable bonds is 9. The van der Waals surface area contributed by atoms with Gasteiger partial charge in [0.05, 0.1) is 11.1 Å². The first-order valence-electron chi connectivity index (χ1n) is 8.35. The Morgan fingerprint density at radius 1 is 1.17 bits per heavy atom. The van der Waals surface area contributed by atoms with Crippen molar-refractivity contribution in [2.75, 3.05) is 18.6 Å². The molecule has 0 aliphatic carbocycles. The highest BCUT2D eigenvalue weighted by Gasteiger charge is 2.42. The summed E-state index contributed by atoms with van der Waals surface area (Å²) in [6, 6.07) is 6.00. The summed E-state index contributed by atoms with van der Waals surface area (Å²) in [4.78, 5) is 38.9. The molecule has 24 heavy (non-hydrogen) atoms. The molecule has 1 atom stereocenters. The van der Waals surface area contributed by atoms with Crippen LogP contribution in [0.3, 0.4) is 0 Å². The summed E-state index contributed by atoms with van der Waals surface area (Å²) in [6.45, 7) is 2.67. The monoisotopic (exact) mass is 348 g/mol. The molecule has 1 N–H and O–H groups in total.